The second-order valence-electron chi connectivity index (χ2n) is 4.64. The van der Waals surface area contributed by atoms with E-state index in [9.17, 15) is 4.79 Å². The summed E-state index contributed by atoms with van der Waals surface area (Å²) in [7, 11) is 0. The molecule has 1 heterocycles. The second-order valence-corrected chi connectivity index (χ2v) is 4.64. The molecule has 1 unspecified atom stereocenters. The molecule has 1 saturated heterocycles. The van der Waals surface area contributed by atoms with Crippen LogP contribution in [0, 0.1) is 0 Å². The van der Waals surface area contributed by atoms with Gasteiger partial charge in [0.05, 0.1) is 12.7 Å². The lowest BCUT2D eigenvalue weighted by Crippen LogP contribution is -2.13. The Balaban J connectivity index is 1.77. The number of nitrogens with one attached hydrogen (secondary N) is 1. The molecule has 0 saturated carbocycles. The molecule has 0 bridgehead atoms. The highest BCUT2D eigenvalue weighted by Crippen LogP contribution is 2.22. The van der Waals surface area contributed by atoms with E-state index in [4.69, 9.17) is 4.74 Å². The summed E-state index contributed by atoms with van der Waals surface area (Å²) in [4.78, 5) is 12.1. The molecular weight excluding hydrogens is 238 g/mol. The molecule has 2 aromatic carbocycles. The SMILES string of the molecule is O=C(Nc1ccccc1CC1CO1)c1ccccc1. The topological polar surface area (TPSA) is 41.6 Å². The lowest BCUT2D eigenvalue weighted by Gasteiger charge is -2.10. The van der Waals surface area contributed by atoms with Gasteiger partial charge in [0, 0.05) is 17.7 Å². The maximum atomic E-state index is 12.1. The Bertz CT molecular complexity index is 576. The molecule has 1 aliphatic heterocycles. The number of ether oxygens (including phenoxy) is 1. The van der Waals surface area contributed by atoms with Crippen molar-refractivity contribution in [3.8, 4) is 0 Å². The minimum Gasteiger partial charge on any atom is -0.373 e. The van der Waals surface area contributed by atoms with E-state index in [1.807, 2.05) is 54.6 Å². The Morgan fingerprint density at radius 1 is 1.11 bits per heavy atom. The molecule has 0 radical (unpaired) electrons. The summed E-state index contributed by atoms with van der Waals surface area (Å²) >= 11 is 0. The number of epoxide rings is 1. The zero-order chi connectivity index (χ0) is 13.1. The summed E-state index contributed by atoms with van der Waals surface area (Å²) in [6.07, 6.45) is 1.17. The Kier molecular flexibility index (Phi) is 3.29. The van der Waals surface area contributed by atoms with Crippen molar-refractivity contribution in [1.82, 2.24) is 0 Å². The molecule has 0 aliphatic carbocycles. The number of hydrogen-bond acceptors (Lipinski definition) is 2. The van der Waals surface area contributed by atoms with Crippen LogP contribution in [-0.2, 0) is 11.2 Å². The van der Waals surface area contributed by atoms with Crippen molar-refractivity contribution >= 4 is 11.6 Å². The number of hydrogen-bond donors (Lipinski definition) is 1. The molecule has 1 atom stereocenters. The molecule has 0 aromatic heterocycles. The Labute approximate surface area is 112 Å². The lowest BCUT2D eigenvalue weighted by molar-refractivity contribution is 0.102. The number of carbonyl (C=O) groups excluding carboxylic acids is 1. The van der Waals surface area contributed by atoms with Crippen molar-refractivity contribution in [3.63, 3.8) is 0 Å². The number of rotatable bonds is 4. The highest BCUT2D eigenvalue weighted by Gasteiger charge is 2.23. The lowest BCUT2D eigenvalue weighted by atomic mass is 10.1. The number of benzene rings is 2. The number of amides is 1. The van der Waals surface area contributed by atoms with E-state index in [0.29, 0.717) is 11.7 Å². The molecular formula is C16H15NO2. The average Bonchev–Trinajstić information content (AvgIpc) is 3.26. The molecule has 2 aromatic rings. The van der Waals surface area contributed by atoms with Crippen LogP contribution in [0.15, 0.2) is 54.6 Å². The van der Waals surface area contributed by atoms with Crippen LogP contribution in [-0.4, -0.2) is 18.6 Å². The summed E-state index contributed by atoms with van der Waals surface area (Å²) in [5, 5.41) is 2.97. The summed E-state index contributed by atoms with van der Waals surface area (Å²) in [6, 6.07) is 17.1. The number of anilines is 1. The van der Waals surface area contributed by atoms with E-state index in [0.717, 1.165) is 24.3 Å². The smallest absolute Gasteiger partial charge is 0.255 e. The van der Waals surface area contributed by atoms with Crippen molar-refractivity contribution in [1.29, 1.82) is 0 Å². The monoisotopic (exact) mass is 253 g/mol. The molecule has 3 heteroatoms. The summed E-state index contributed by atoms with van der Waals surface area (Å²) in [6.45, 7) is 0.820. The fourth-order valence-corrected chi connectivity index (χ4v) is 2.04. The minimum absolute atomic E-state index is 0.0789. The van der Waals surface area contributed by atoms with Gasteiger partial charge in [-0.1, -0.05) is 36.4 Å². The first-order valence-corrected chi connectivity index (χ1v) is 6.39. The van der Waals surface area contributed by atoms with Gasteiger partial charge in [-0.05, 0) is 23.8 Å². The van der Waals surface area contributed by atoms with Crippen molar-refractivity contribution in [3.05, 3.63) is 65.7 Å². The Hall–Kier alpha value is -2.13. The predicted molar refractivity (Wildman–Crippen MR) is 74.3 cm³/mol. The molecule has 19 heavy (non-hydrogen) atoms. The van der Waals surface area contributed by atoms with E-state index in [1.165, 1.54) is 0 Å². The zero-order valence-corrected chi connectivity index (χ0v) is 10.5. The molecule has 1 fully saturated rings. The van der Waals surface area contributed by atoms with Gasteiger partial charge in [-0.2, -0.15) is 0 Å². The van der Waals surface area contributed by atoms with Gasteiger partial charge < -0.3 is 10.1 Å². The summed E-state index contributed by atoms with van der Waals surface area (Å²) in [5.41, 5.74) is 2.65. The van der Waals surface area contributed by atoms with Crippen molar-refractivity contribution in [2.75, 3.05) is 11.9 Å². The van der Waals surface area contributed by atoms with Gasteiger partial charge in [-0.15, -0.1) is 0 Å². The van der Waals surface area contributed by atoms with E-state index in [1.54, 1.807) is 0 Å². The van der Waals surface area contributed by atoms with Crippen LogP contribution in [0.5, 0.6) is 0 Å². The summed E-state index contributed by atoms with van der Waals surface area (Å²) in [5.74, 6) is -0.0789. The largest absolute Gasteiger partial charge is 0.373 e. The first-order chi connectivity index (χ1) is 9.33. The van der Waals surface area contributed by atoms with E-state index >= 15 is 0 Å². The van der Waals surface area contributed by atoms with Gasteiger partial charge in [-0.3, -0.25) is 4.79 Å². The standard InChI is InChI=1S/C16H15NO2/c18-16(12-6-2-1-3-7-12)17-15-9-5-4-8-13(15)10-14-11-19-14/h1-9,14H,10-11H2,(H,17,18). The fraction of sp³-hybridized carbons (Fsp3) is 0.188. The molecule has 1 N–H and O–H groups in total. The van der Waals surface area contributed by atoms with Crippen molar-refractivity contribution in [2.45, 2.75) is 12.5 Å². The number of carbonyl (C=O) groups is 1. The van der Waals surface area contributed by atoms with Gasteiger partial charge in [0.2, 0.25) is 0 Å². The van der Waals surface area contributed by atoms with Crippen LogP contribution >= 0.6 is 0 Å². The maximum absolute atomic E-state index is 12.1. The van der Waals surface area contributed by atoms with E-state index in [-0.39, 0.29) is 5.91 Å². The minimum atomic E-state index is -0.0789. The van der Waals surface area contributed by atoms with Crippen LogP contribution in [0.3, 0.4) is 0 Å². The predicted octanol–water partition coefficient (Wildman–Crippen LogP) is 2.88. The fourth-order valence-electron chi connectivity index (χ4n) is 2.04. The first kappa shape index (κ1) is 11.9. The molecule has 96 valence electrons. The third-order valence-electron chi connectivity index (χ3n) is 3.15. The second kappa shape index (κ2) is 5.24. The van der Waals surface area contributed by atoms with Gasteiger partial charge in [-0.25, -0.2) is 0 Å². The van der Waals surface area contributed by atoms with Crippen LogP contribution in [0.1, 0.15) is 15.9 Å². The summed E-state index contributed by atoms with van der Waals surface area (Å²) < 4.78 is 5.24. The Morgan fingerprint density at radius 3 is 2.53 bits per heavy atom. The molecule has 1 aliphatic rings. The van der Waals surface area contributed by atoms with Crippen molar-refractivity contribution in [2.24, 2.45) is 0 Å². The van der Waals surface area contributed by atoms with Crippen LogP contribution in [0.2, 0.25) is 0 Å². The first-order valence-electron chi connectivity index (χ1n) is 6.39. The third kappa shape index (κ3) is 3.01. The van der Waals surface area contributed by atoms with E-state index in [2.05, 4.69) is 5.32 Å². The maximum Gasteiger partial charge on any atom is 0.255 e. The quantitative estimate of drug-likeness (QED) is 0.851. The highest BCUT2D eigenvalue weighted by molar-refractivity contribution is 6.04. The highest BCUT2D eigenvalue weighted by atomic mass is 16.6. The molecule has 3 rings (SSSR count). The van der Waals surface area contributed by atoms with Crippen LogP contribution in [0.25, 0.3) is 0 Å². The molecule has 0 spiro atoms. The third-order valence-corrected chi connectivity index (χ3v) is 3.15. The average molecular weight is 253 g/mol. The van der Waals surface area contributed by atoms with Crippen molar-refractivity contribution < 1.29 is 9.53 Å². The molecule has 1 amide bonds. The van der Waals surface area contributed by atoms with Gasteiger partial charge in [0.1, 0.15) is 0 Å². The van der Waals surface area contributed by atoms with E-state index < -0.39 is 0 Å². The van der Waals surface area contributed by atoms with Gasteiger partial charge in [0.25, 0.3) is 5.91 Å². The van der Waals surface area contributed by atoms with Gasteiger partial charge >= 0.3 is 0 Å². The van der Waals surface area contributed by atoms with Crippen LogP contribution in [0.4, 0.5) is 5.69 Å². The number of para-hydroxylation sites is 1. The van der Waals surface area contributed by atoms with Gasteiger partial charge in [0.15, 0.2) is 0 Å². The zero-order valence-electron chi connectivity index (χ0n) is 10.5. The molecule has 3 nitrogen and oxygen atoms in total. The van der Waals surface area contributed by atoms with Crippen LogP contribution < -0.4 is 5.32 Å². The Morgan fingerprint density at radius 2 is 1.79 bits per heavy atom. The normalized spacial score (nSPS) is 16.9.